The van der Waals surface area contributed by atoms with Gasteiger partial charge in [-0.2, -0.15) is 5.26 Å². The second-order valence-corrected chi connectivity index (χ2v) is 4.40. The van der Waals surface area contributed by atoms with Gasteiger partial charge in [-0.15, -0.1) is 0 Å². The van der Waals surface area contributed by atoms with Crippen LogP contribution in [-0.4, -0.2) is 18.5 Å². The first-order valence-electron chi connectivity index (χ1n) is 5.05. The van der Waals surface area contributed by atoms with Gasteiger partial charge in [0.15, 0.2) is 0 Å². The monoisotopic (exact) mass is 240 g/mol. The fraction of sp³-hybridized carbons (Fsp3) is 0.417. The van der Waals surface area contributed by atoms with Crippen LogP contribution in [0.25, 0.3) is 0 Å². The molecule has 1 atom stereocenters. The molecule has 0 fully saturated rings. The summed E-state index contributed by atoms with van der Waals surface area (Å²) in [5, 5.41) is 9.20. The maximum Gasteiger partial charge on any atom is 0.127 e. The third-order valence-corrected chi connectivity index (χ3v) is 2.49. The van der Waals surface area contributed by atoms with Crippen LogP contribution < -0.4 is 0 Å². The Labute approximate surface area is 100 Å². The fourth-order valence-electron chi connectivity index (χ4n) is 1.53. The molecule has 1 unspecified atom stereocenters. The SMILES string of the molecule is CC(C#N)CN(C)Cc1cc(Cl)ccc1F. The number of nitrogens with zero attached hydrogens (tertiary/aromatic N) is 2. The Morgan fingerprint density at radius 3 is 2.88 bits per heavy atom. The first kappa shape index (κ1) is 13.0. The Kier molecular flexibility index (Phi) is 4.72. The van der Waals surface area contributed by atoms with Gasteiger partial charge < -0.3 is 4.90 Å². The van der Waals surface area contributed by atoms with Gasteiger partial charge in [-0.05, 0) is 32.2 Å². The predicted octanol–water partition coefficient (Wildman–Crippen LogP) is 3.07. The highest BCUT2D eigenvalue weighted by atomic mass is 35.5. The molecule has 1 aromatic rings. The molecule has 0 amide bonds. The molecule has 2 nitrogen and oxygen atoms in total. The van der Waals surface area contributed by atoms with Gasteiger partial charge in [0.05, 0.1) is 12.0 Å². The van der Waals surface area contributed by atoms with Crippen LogP contribution in [0.1, 0.15) is 12.5 Å². The molecule has 0 N–H and O–H groups in total. The molecular formula is C12H14ClFN2. The van der Waals surface area contributed by atoms with Gasteiger partial charge in [-0.25, -0.2) is 4.39 Å². The molecule has 0 aliphatic rings. The highest BCUT2D eigenvalue weighted by Crippen LogP contribution is 2.16. The molecule has 86 valence electrons. The average molecular weight is 241 g/mol. The summed E-state index contributed by atoms with van der Waals surface area (Å²) in [5.74, 6) is -0.326. The van der Waals surface area contributed by atoms with Gasteiger partial charge in [0.1, 0.15) is 5.82 Å². The quantitative estimate of drug-likeness (QED) is 0.809. The van der Waals surface area contributed by atoms with Crippen LogP contribution in [0.4, 0.5) is 4.39 Å². The molecule has 0 saturated heterocycles. The smallest absolute Gasteiger partial charge is 0.127 e. The van der Waals surface area contributed by atoms with Crippen molar-refractivity contribution >= 4 is 11.6 Å². The summed E-state index contributed by atoms with van der Waals surface area (Å²) in [4.78, 5) is 1.91. The number of benzene rings is 1. The molecule has 1 aromatic carbocycles. The van der Waals surface area contributed by atoms with Crippen molar-refractivity contribution in [2.24, 2.45) is 5.92 Å². The summed E-state index contributed by atoms with van der Waals surface area (Å²) in [6, 6.07) is 6.65. The molecule has 0 heterocycles. The molecule has 0 spiro atoms. The maximum atomic E-state index is 13.4. The third-order valence-electron chi connectivity index (χ3n) is 2.25. The number of hydrogen-bond acceptors (Lipinski definition) is 2. The molecule has 0 aliphatic heterocycles. The van der Waals surface area contributed by atoms with Crippen molar-refractivity contribution < 1.29 is 4.39 Å². The highest BCUT2D eigenvalue weighted by molar-refractivity contribution is 6.30. The molecule has 4 heteroatoms. The number of halogens is 2. The number of hydrogen-bond donors (Lipinski definition) is 0. The first-order valence-corrected chi connectivity index (χ1v) is 5.43. The third kappa shape index (κ3) is 3.80. The van der Waals surface area contributed by atoms with E-state index in [0.717, 1.165) is 0 Å². The van der Waals surface area contributed by atoms with Crippen molar-refractivity contribution in [3.05, 3.63) is 34.6 Å². The van der Waals surface area contributed by atoms with Gasteiger partial charge in [0, 0.05) is 23.7 Å². The predicted molar refractivity (Wildman–Crippen MR) is 62.5 cm³/mol. The van der Waals surface area contributed by atoms with E-state index in [-0.39, 0.29) is 11.7 Å². The zero-order chi connectivity index (χ0) is 12.1. The Balaban J connectivity index is 2.66. The second kappa shape index (κ2) is 5.83. The van der Waals surface area contributed by atoms with E-state index in [0.29, 0.717) is 23.7 Å². The molecule has 0 saturated carbocycles. The molecular weight excluding hydrogens is 227 g/mol. The summed E-state index contributed by atoms with van der Waals surface area (Å²) in [7, 11) is 1.86. The number of rotatable bonds is 4. The summed E-state index contributed by atoms with van der Waals surface area (Å²) >= 11 is 5.80. The van der Waals surface area contributed by atoms with Crippen LogP contribution in [0.5, 0.6) is 0 Å². The van der Waals surface area contributed by atoms with E-state index in [1.807, 2.05) is 18.9 Å². The van der Waals surface area contributed by atoms with E-state index in [9.17, 15) is 4.39 Å². The van der Waals surface area contributed by atoms with Crippen molar-refractivity contribution in [2.75, 3.05) is 13.6 Å². The van der Waals surface area contributed by atoms with Crippen LogP contribution in [0.2, 0.25) is 5.02 Å². The van der Waals surface area contributed by atoms with Crippen molar-refractivity contribution in [2.45, 2.75) is 13.5 Å². The van der Waals surface area contributed by atoms with E-state index < -0.39 is 0 Å². The molecule has 16 heavy (non-hydrogen) atoms. The Bertz CT molecular complexity index is 400. The standard InChI is InChI=1S/C12H14ClFN2/c1-9(6-15)7-16(2)8-10-5-11(13)3-4-12(10)14/h3-5,9H,7-8H2,1-2H3. The molecule has 0 aromatic heterocycles. The Morgan fingerprint density at radius 2 is 2.25 bits per heavy atom. The zero-order valence-electron chi connectivity index (χ0n) is 9.37. The van der Waals surface area contributed by atoms with Crippen LogP contribution in [0.15, 0.2) is 18.2 Å². The minimum absolute atomic E-state index is 0.0627. The maximum absolute atomic E-state index is 13.4. The lowest BCUT2D eigenvalue weighted by Crippen LogP contribution is -2.23. The van der Waals surface area contributed by atoms with Gasteiger partial charge >= 0.3 is 0 Å². The fourth-order valence-corrected chi connectivity index (χ4v) is 1.72. The summed E-state index contributed by atoms with van der Waals surface area (Å²) in [6.45, 7) is 2.91. The minimum Gasteiger partial charge on any atom is -0.301 e. The van der Waals surface area contributed by atoms with Gasteiger partial charge in [-0.1, -0.05) is 11.6 Å². The second-order valence-electron chi connectivity index (χ2n) is 3.96. The largest absolute Gasteiger partial charge is 0.301 e. The topological polar surface area (TPSA) is 27.0 Å². The first-order chi connectivity index (χ1) is 7.52. The van der Waals surface area contributed by atoms with E-state index in [1.165, 1.54) is 12.1 Å². The van der Waals surface area contributed by atoms with Crippen LogP contribution >= 0.6 is 11.6 Å². The molecule has 0 aliphatic carbocycles. The summed E-state index contributed by atoms with van der Waals surface area (Å²) in [6.07, 6.45) is 0. The van der Waals surface area contributed by atoms with E-state index >= 15 is 0 Å². The Hall–Kier alpha value is -1.11. The lowest BCUT2D eigenvalue weighted by atomic mass is 10.1. The lowest BCUT2D eigenvalue weighted by molar-refractivity contribution is 0.298. The number of nitriles is 1. The molecule has 0 bridgehead atoms. The highest BCUT2D eigenvalue weighted by Gasteiger charge is 2.09. The minimum atomic E-state index is -0.263. The van der Waals surface area contributed by atoms with Gasteiger partial charge in [0.2, 0.25) is 0 Å². The van der Waals surface area contributed by atoms with Crippen LogP contribution in [0, 0.1) is 23.1 Å². The zero-order valence-corrected chi connectivity index (χ0v) is 10.1. The Morgan fingerprint density at radius 1 is 1.56 bits per heavy atom. The van der Waals surface area contributed by atoms with Crippen molar-refractivity contribution in [1.82, 2.24) is 4.90 Å². The van der Waals surface area contributed by atoms with Crippen molar-refractivity contribution in [3.63, 3.8) is 0 Å². The van der Waals surface area contributed by atoms with Crippen molar-refractivity contribution in [1.29, 1.82) is 5.26 Å². The van der Waals surface area contributed by atoms with Crippen molar-refractivity contribution in [3.8, 4) is 6.07 Å². The van der Waals surface area contributed by atoms with Crippen LogP contribution in [-0.2, 0) is 6.54 Å². The van der Waals surface area contributed by atoms with Crippen LogP contribution in [0.3, 0.4) is 0 Å². The van der Waals surface area contributed by atoms with E-state index in [4.69, 9.17) is 16.9 Å². The average Bonchev–Trinajstić information content (AvgIpc) is 2.23. The van der Waals surface area contributed by atoms with Gasteiger partial charge in [0.25, 0.3) is 0 Å². The molecule has 0 radical (unpaired) electrons. The lowest BCUT2D eigenvalue weighted by Gasteiger charge is -2.18. The summed E-state index contributed by atoms with van der Waals surface area (Å²) in [5.41, 5.74) is 0.556. The normalized spacial score (nSPS) is 12.5. The van der Waals surface area contributed by atoms with Gasteiger partial charge in [-0.3, -0.25) is 0 Å². The molecule has 1 rings (SSSR count). The van der Waals surface area contributed by atoms with E-state index in [2.05, 4.69) is 6.07 Å². The van der Waals surface area contributed by atoms with E-state index in [1.54, 1.807) is 6.07 Å². The summed E-state index contributed by atoms with van der Waals surface area (Å²) < 4.78 is 13.4.